The number of halogens is 1. The van der Waals surface area contributed by atoms with Gasteiger partial charge in [0.05, 0.1) is 5.69 Å². The standard InChI is InChI=1S/C15H19FN2O2/c1-10-8-17-7-3-4-11(17)9-18(10)13-6-2-5-12(16)14(13)15(19)20/h2,5-6,10-11H,3-4,7-9H2,1H3,(H,19,20). The van der Waals surface area contributed by atoms with Gasteiger partial charge < -0.3 is 10.0 Å². The summed E-state index contributed by atoms with van der Waals surface area (Å²) < 4.78 is 13.8. The molecular weight excluding hydrogens is 259 g/mol. The molecule has 2 heterocycles. The topological polar surface area (TPSA) is 43.8 Å². The third-order valence-corrected chi connectivity index (χ3v) is 4.45. The van der Waals surface area contributed by atoms with E-state index < -0.39 is 11.8 Å². The molecule has 2 fully saturated rings. The van der Waals surface area contributed by atoms with E-state index in [1.807, 2.05) is 0 Å². The van der Waals surface area contributed by atoms with Gasteiger partial charge >= 0.3 is 5.97 Å². The largest absolute Gasteiger partial charge is 0.478 e. The summed E-state index contributed by atoms with van der Waals surface area (Å²) in [5.74, 6) is -1.85. The predicted molar refractivity (Wildman–Crippen MR) is 74.8 cm³/mol. The van der Waals surface area contributed by atoms with Crippen molar-refractivity contribution in [3.8, 4) is 0 Å². The van der Waals surface area contributed by atoms with Crippen molar-refractivity contribution in [2.75, 3.05) is 24.5 Å². The van der Waals surface area contributed by atoms with E-state index in [1.54, 1.807) is 12.1 Å². The summed E-state index contributed by atoms with van der Waals surface area (Å²) in [4.78, 5) is 15.9. The SMILES string of the molecule is CC1CN2CCCC2CN1c1cccc(F)c1C(=O)O. The van der Waals surface area contributed by atoms with Crippen LogP contribution in [0.25, 0.3) is 0 Å². The highest BCUT2D eigenvalue weighted by molar-refractivity contribution is 5.94. The number of piperazine rings is 1. The van der Waals surface area contributed by atoms with Gasteiger partial charge in [0.15, 0.2) is 0 Å². The van der Waals surface area contributed by atoms with Gasteiger partial charge in [0.2, 0.25) is 0 Å². The molecule has 2 saturated heterocycles. The molecule has 0 spiro atoms. The average molecular weight is 278 g/mol. The van der Waals surface area contributed by atoms with Crippen molar-refractivity contribution < 1.29 is 14.3 Å². The van der Waals surface area contributed by atoms with E-state index in [2.05, 4.69) is 16.7 Å². The fraction of sp³-hybridized carbons (Fsp3) is 0.533. The van der Waals surface area contributed by atoms with E-state index in [0.29, 0.717) is 11.7 Å². The lowest BCUT2D eigenvalue weighted by Crippen LogP contribution is -2.55. The van der Waals surface area contributed by atoms with Gasteiger partial charge in [-0.2, -0.15) is 0 Å². The molecule has 108 valence electrons. The number of hydrogen-bond acceptors (Lipinski definition) is 3. The number of carbonyl (C=O) groups is 1. The first-order valence-corrected chi connectivity index (χ1v) is 7.10. The molecule has 0 amide bonds. The molecule has 3 rings (SSSR count). The second-order valence-corrected chi connectivity index (χ2v) is 5.73. The van der Waals surface area contributed by atoms with E-state index in [9.17, 15) is 14.3 Å². The van der Waals surface area contributed by atoms with E-state index in [-0.39, 0.29) is 11.6 Å². The van der Waals surface area contributed by atoms with Crippen molar-refractivity contribution in [2.45, 2.75) is 31.8 Å². The number of carboxylic acid groups (broad SMARTS) is 1. The molecule has 0 aliphatic carbocycles. The summed E-state index contributed by atoms with van der Waals surface area (Å²) in [5, 5.41) is 9.27. The van der Waals surface area contributed by atoms with Crippen LogP contribution in [0.15, 0.2) is 18.2 Å². The molecule has 1 aromatic carbocycles. The van der Waals surface area contributed by atoms with Crippen molar-refractivity contribution in [1.29, 1.82) is 0 Å². The summed E-state index contributed by atoms with van der Waals surface area (Å²) in [5.41, 5.74) is 0.308. The summed E-state index contributed by atoms with van der Waals surface area (Å²) in [6.07, 6.45) is 2.33. The van der Waals surface area contributed by atoms with Crippen LogP contribution in [0.1, 0.15) is 30.1 Å². The van der Waals surface area contributed by atoms with Gasteiger partial charge in [0.1, 0.15) is 11.4 Å². The molecule has 0 radical (unpaired) electrons. The zero-order valence-corrected chi connectivity index (χ0v) is 11.6. The van der Waals surface area contributed by atoms with Gasteiger partial charge in [-0.05, 0) is 38.4 Å². The lowest BCUT2D eigenvalue weighted by atomic mass is 10.0. The fourth-order valence-corrected chi connectivity index (χ4v) is 3.49. The molecular formula is C15H19FN2O2. The zero-order valence-electron chi connectivity index (χ0n) is 11.6. The van der Waals surface area contributed by atoms with Crippen LogP contribution in [-0.2, 0) is 0 Å². The van der Waals surface area contributed by atoms with Crippen LogP contribution in [-0.4, -0.2) is 47.7 Å². The molecule has 4 nitrogen and oxygen atoms in total. The van der Waals surface area contributed by atoms with Gasteiger partial charge in [-0.1, -0.05) is 6.07 Å². The Morgan fingerprint density at radius 2 is 2.20 bits per heavy atom. The number of benzene rings is 1. The molecule has 1 aromatic rings. The number of hydrogen-bond donors (Lipinski definition) is 1. The molecule has 0 bridgehead atoms. The van der Waals surface area contributed by atoms with Crippen LogP contribution in [0.5, 0.6) is 0 Å². The van der Waals surface area contributed by atoms with E-state index in [4.69, 9.17) is 0 Å². The molecule has 5 heteroatoms. The molecule has 2 aliphatic heterocycles. The highest BCUT2D eigenvalue weighted by Gasteiger charge is 2.36. The summed E-state index contributed by atoms with van der Waals surface area (Å²) in [6.45, 7) is 4.90. The predicted octanol–water partition coefficient (Wildman–Crippen LogP) is 2.20. The van der Waals surface area contributed by atoms with Gasteiger partial charge in [-0.25, -0.2) is 9.18 Å². The van der Waals surface area contributed by atoms with Crippen molar-refractivity contribution in [3.05, 3.63) is 29.6 Å². The van der Waals surface area contributed by atoms with Crippen molar-refractivity contribution in [2.24, 2.45) is 0 Å². The summed E-state index contributed by atoms with van der Waals surface area (Å²) in [6, 6.07) is 5.18. The van der Waals surface area contributed by atoms with Gasteiger partial charge in [0.25, 0.3) is 0 Å². The highest BCUT2D eigenvalue weighted by Crippen LogP contribution is 2.31. The van der Waals surface area contributed by atoms with Crippen LogP contribution in [0.2, 0.25) is 0 Å². The van der Waals surface area contributed by atoms with Gasteiger partial charge in [-0.3, -0.25) is 4.90 Å². The quantitative estimate of drug-likeness (QED) is 0.900. The van der Waals surface area contributed by atoms with E-state index in [0.717, 1.165) is 26.1 Å². The highest BCUT2D eigenvalue weighted by atomic mass is 19.1. The number of aromatic carboxylic acids is 1. The van der Waals surface area contributed by atoms with Crippen molar-refractivity contribution >= 4 is 11.7 Å². The molecule has 2 atom stereocenters. The first kappa shape index (κ1) is 13.4. The molecule has 2 aliphatic rings. The molecule has 0 aromatic heterocycles. The second-order valence-electron chi connectivity index (χ2n) is 5.73. The van der Waals surface area contributed by atoms with Crippen LogP contribution in [0, 0.1) is 5.82 Å². The van der Waals surface area contributed by atoms with Crippen LogP contribution in [0.4, 0.5) is 10.1 Å². The molecule has 0 saturated carbocycles. The zero-order chi connectivity index (χ0) is 14.3. The van der Waals surface area contributed by atoms with Gasteiger partial charge in [-0.15, -0.1) is 0 Å². The average Bonchev–Trinajstić information content (AvgIpc) is 2.84. The Balaban J connectivity index is 1.96. The first-order valence-electron chi connectivity index (χ1n) is 7.10. The number of fused-ring (bicyclic) bond motifs is 1. The molecule has 20 heavy (non-hydrogen) atoms. The molecule has 2 unspecified atom stereocenters. The first-order chi connectivity index (χ1) is 9.58. The Morgan fingerprint density at radius 3 is 2.95 bits per heavy atom. The maximum atomic E-state index is 13.8. The minimum Gasteiger partial charge on any atom is -0.478 e. The Labute approximate surface area is 117 Å². The van der Waals surface area contributed by atoms with Crippen molar-refractivity contribution in [1.82, 2.24) is 4.90 Å². The van der Waals surface area contributed by atoms with Crippen LogP contribution in [0.3, 0.4) is 0 Å². The maximum Gasteiger partial charge on any atom is 0.340 e. The minimum absolute atomic E-state index is 0.198. The Kier molecular flexibility index (Phi) is 3.38. The number of anilines is 1. The summed E-state index contributed by atoms with van der Waals surface area (Å²) >= 11 is 0. The Morgan fingerprint density at radius 1 is 1.40 bits per heavy atom. The van der Waals surface area contributed by atoms with E-state index >= 15 is 0 Å². The Bertz CT molecular complexity index is 535. The third-order valence-electron chi connectivity index (χ3n) is 4.45. The number of nitrogens with zero attached hydrogens (tertiary/aromatic N) is 2. The summed E-state index contributed by atoms with van der Waals surface area (Å²) in [7, 11) is 0. The number of rotatable bonds is 2. The van der Waals surface area contributed by atoms with Crippen LogP contribution < -0.4 is 4.90 Å². The Hall–Kier alpha value is -1.62. The fourth-order valence-electron chi connectivity index (χ4n) is 3.49. The van der Waals surface area contributed by atoms with Crippen LogP contribution >= 0.6 is 0 Å². The van der Waals surface area contributed by atoms with Crippen molar-refractivity contribution in [3.63, 3.8) is 0 Å². The molecule has 1 N–H and O–H groups in total. The van der Waals surface area contributed by atoms with Gasteiger partial charge in [0, 0.05) is 25.2 Å². The van der Waals surface area contributed by atoms with E-state index in [1.165, 1.54) is 12.5 Å². The normalized spacial score (nSPS) is 26.6. The smallest absolute Gasteiger partial charge is 0.340 e. The maximum absolute atomic E-state index is 13.8. The second kappa shape index (κ2) is 5.05. The number of carboxylic acids is 1. The lowest BCUT2D eigenvalue weighted by molar-refractivity contribution is 0.0692. The minimum atomic E-state index is -1.20. The monoisotopic (exact) mass is 278 g/mol. The third kappa shape index (κ3) is 2.16. The lowest BCUT2D eigenvalue weighted by Gasteiger charge is -2.44.